The van der Waals surface area contributed by atoms with E-state index in [0.29, 0.717) is 20.6 Å². The molecular formula is C16H19BrCl2O. The number of hydrogen-bond donors (Lipinski definition) is 0. The van der Waals surface area contributed by atoms with Crippen molar-refractivity contribution in [3.63, 3.8) is 0 Å². The van der Waals surface area contributed by atoms with E-state index in [1.54, 1.807) is 0 Å². The molecule has 1 spiro atoms. The molecule has 0 amide bonds. The Morgan fingerprint density at radius 1 is 1.05 bits per heavy atom. The van der Waals surface area contributed by atoms with Gasteiger partial charge in [-0.1, -0.05) is 70.9 Å². The molecule has 0 N–H and O–H groups in total. The summed E-state index contributed by atoms with van der Waals surface area (Å²) in [6.45, 7) is 0. The number of halogens is 3. The second-order valence-electron chi connectivity index (χ2n) is 6.01. The van der Waals surface area contributed by atoms with E-state index in [1.165, 1.54) is 38.5 Å². The molecule has 2 aliphatic carbocycles. The largest absolute Gasteiger partial charge is 0.487 e. The Morgan fingerprint density at radius 2 is 1.65 bits per heavy atom. The number of hydrogen-bond acceptors (Lipinski definition) is 1. The summed E-state index contributed by atoms with van der Waals surface area (Å²) in [4.78, 5) is 0.569. The van der Waals surface area contributed by atoms with Crippen LogP contribution in [0.3, 0.4) is 0 Å². The van der Waals surface area contributed by atoms with Gasteiger partial charge in [0.1, 0.15) is 6.10 Å². The van der Waals surface area contributed by atoms with Crippen LogP contribution in [0.25, 0.3) is 0 Å². The molecule has 0 radical (unpaired) electrons. The number of rotatable bonds is 2. The van der Waals surface area contributed by atoms with Gasteiger partial charge in [0.25, 0.3) is 0 Å². The van der Waals surface area contributed by atoms with Crippen molar-refractivity contribution in [2.75, 3.05) is 0 Å². The summed E-state index contributed by atoms with van der Waals surface area (Å²) in [7, 11) is 0. The molecule has 2 aliphatic rings. The van der Waals surface area contributed by atoms with E-state index in [4.69, 9.17) is 27.9 Å². The maximum atomic E-state index is 6.24. The molecule has 2 atom stereocenters. The minimum atomic E-state index is 0.238. The minimum absolute atomic E-state index is 0.238. The van der Waals surface area contributed by atoms with Gasteiger partial charge in [0.2, 0.25) is 0 Å². The summed E-state index contributed by atoms with van der Waals surface area (Å²) < 4.78 is 6.24. The van der Waals surface area contributed by atoms with E-state index < -0.39 is 0 Å². The highest BCUT2D eigenvalue weighted by molar-refractivity contribution is 9.09. The molecule has 0 aromatic heterocycles. The van der Waals surface area contributed by atoms with Crippen molar-refractivity contribution in [1.29, 1.82) is 0 Å². The van der Waals surface area contributed by atoms with Crippen molar-refractivity contribution >= 4 is 39.1 Å². The Bertz CT molecular complexity index is 463. The fourth-order valence-corrected chi connectivity index (χ4v) is 5.20. The first-order valence-corrected chi connectivity index (χ1v) is 9.05. The molecule has 4 heteroatoms. The molecule has 2 fully saturated rings. The van der Waals surface area contributed by atoms with Gasteiger partial charge in [-0.25, -0.2) is 0 Å². The number of ether oxygens (including phenoxy) is 1. The van der Waals surface area contributed by atoms with E-state index in [2.05, 4.69) is 15.9 Å². The molecule has 2 unspecified atom stereocenters. The van der Waals surface area contributed by atoms with Crippen LogP contribution in [0.2, 0.25) is 10.0 Å². The minimum Gasteiger partial charge on any atom is -0.487 e. The highest BCUT2D eigenvalue weighted by Gasteiger charge is 2.55. The van der Waals surface area contributed by atoms with Gasteiger partial charge < -0.3 is 4.74 Å². The van der Waals surface area contributed by atoms with Crippen LogP contribution in [0, 0.1) is 5.41 Å². The van der Waals surface area contributed by atoms with Gasteiger partial charge in [-0.05, 0) is 31.4 Å². The van der Waals surface area contributed by atoms with Crippen LogP contribution < -0.4 is 4.74 Å². The molecule has 0 saturated heterocycles. The second kappa shape index (κ2) is 6.06. The molecule has 20 heavy (non-hydrogen) atoms. The first kappa shape index (κ1) is 15.0. The average Bonchev–Trinajstić information content (AvgIpc) is 2.69. The smallest absolute Gasteiger partial charge is 0.156 e. The zero-order chi connectivity index (χ0) is 14.2. The van der Waals surface area contributed by atoms with Crippen LogP contribution in [0.1, 0.15) is 44.9 Å². The standard InChI is InChI=1S/C16H19BrCl2O/c17-13-10-14(16(13)8-3-1-2-4-9-16)20-15-11(18)6-5-7-12(15)19/h5-7,13-14H,1-4,8-10H2. The van der Waals surface area contributed by atoms with Gasteiger partial charge >= 0.3 is 0 Å². The zero-order valence-corrected chi connectivity index (χ0v) is 14.5. The molecule has 3 rings (SSSR count). The lowest BCUT2D eigenvalue weighted by atomic mass is 9.61. The monoisotopic (exact) mass is 376 g/mol. The Balaban J connectivity index is 1.80. The highest BCUT2D eigenvalue weighted by atomic mass is 79.9. The lowest BCUT2D eigenvalue weighted by molar-refractivity contribution is -0.0460. The lowest BCUT2D eigenvalue weighted by Gasteiger charge is -2.53. The fourth-order valence-electron chi connectivity index (χ4n) is 3.62. The van der Waals surface area contributed by atoms with Crippen LogP contribution in [-0.2, 0) is 0 Å². The predicted octanol–water partition coefficient (Wildman–Crippen LogP) is 6.25. The van der Waals surface area contributed by atoms with Crippen molar-refractivity contribution in [1.82, 2.24) is 0 Å². The molecular weight excluding hydrogens is 359 g/mol. The van der Waals surface area contributed by atoms with E-state index in [-0.39, 0.29) is 11.5 Å². The summed E-state index contributed by atoms with van der Waals surface area (Å²) in [5.74, 6) is 0.656. The van der Waals surface area contributed by atoms with Crippen LogP contribution >= 0.6 is 39.1 Å². The summed E-state index contributed by atoms with van der Waals surface area (Å²) in [5.41, 5.74) is 0.277. The molecule has 1 nitrogen and oxygen atoms in total. The topological polar surface area (TPSA) is 9.23 Å². The predicted molar refractivity (Wildman–Crippen MR) is 88.3 cm³/mol. The molecule has 110 valence electrons. The van der Waals surface area contributed by atoms with Gasteiger partial charge in [-0.3, -0.25) is 0 Å². The SMILES string of the molecule is Clc1cccc(Cl)c1OC1CC(Br)C12CCCCCC2. The van der Waals surface area contributed by atoms with Crippen molar-refractivity contribution < 1.29 is 4.74 Å². The number of alkyl halides is 1. The van der Waals surface area contributed by atoms with Crippen molar-refractivity contribution in [3.05, 3.63) is 28.2 Å². The maximum Gasteiger partial charge on any atom is 0.156 e. The van der Waals surface area contributed by atoms with E-state index in [0.717, 1.165) is 6.42 Å². The van der Waals surface area contributed by atoms with Crippen LogP contribution in [-0.4, -0.2) is 10.9 Å². The van der Waals surface area contributed by atoms with Gasteiger partial charge in [0.05, 0.1) is 10.0 Å². The normalized spacial score (nSPS) is 28.8. The summed E-state index contributed by atoms with van der Waals surface area (Å²) >= 11 is 16.3. The summed E-state index contributed by atoms with van der Waals surface area (Å²) in [6.07, 6.45) is 9.08. The van der Waals surface area contributed by atoms with Crippen molar-refractivity contribution in [3.8, 4) is 5.75 Å². The van der Waals surface area contributed by atoms with E-state index in [9.17, 15) is 0 Å². The Kier molecular flexibility index (Phi) is 4.54. The Morgan fingerprint density at radius 3 is 2.20 bits per heavy atom. The van der Waals surface area contributed by atoms with Crippen LogP contribution in [0.5, 0.6) is 5.75 Å². The zero-order valence-electron chi connectivity index (χ0n) is 11.4. The number of benzene rings is 1. The first-order valence-electron chi connectivity index (χ1n) is 7.38. The van der Waals surface area contributed by atoms with Gasteiger partial charge in [-0.15, -0.1) is 0 Å². The molecule has 2 saturated carbocycles. The van der Waals surface area contributed by atoms with Gasteiger partial charge in [-0.2, -0.15) is 0 Å². The molecule has 0 bridgehead atoms. The van der Waals surface area contributed by atoms with Crippen LogP contribution in [0.4, 0.5) is 0 Å². The fraction of sp³-hybridized carbons (Fsp3) is 0.625. The molecule has 0 aliphatic heterocycles. The summed E-state index contributed by atoms with van der Waals surface area (Å²) in [5, 5.41) is 1.22. The Labute approximate surface area is 139 Å². The maximum absolute atomic E-state index is 6.24. The average molecular weight is 378 g/mol. The van der Waals surface area contributed by atoms with Crippen molar-refractivity contribution in [2.45, 2.75) is 55.9 Å². The first-order chi connectivity index (χ1) is 9.63. The van der Waals surface area contributed by atoms with Gasteiger partial charge in [0, 0.05) is 10.2 Å². The third kappa shape index (κ3) is 2.60. The van der Waals surface area contributed by atoms with Gasteiger partial charge in [0.15, 0.2) is 5.75 Å². The highest BCUT2D eigenvalue weighted by Crippen LogP contribution is 2.56. The third-order valence-corrected chi connectivity index (χ3v) is 6.78. The van der Waals surface area contributed by atoms with Crippen molar-refractivity contribution in [2.24, 2.45) is 5.41 Å². The second-order valence-corrected chi connectivity index (χ2v) is 7.93. The van der Waals surface area contributed by atoms with Crippen LogP contribution in [0.15, 0.2) is 18.2 Å². The van der Waals surface area contributed by atoms with E-state index in [1.807, 2.05) is 18.2 Å². The van der Waals surface area contributed by atoms with E-state index >= 15 is 0 Å². The molecule has 1 aromatic rings. The molecule has 0 heterocycles. The number of para-hydroxylation sites is 1. The summed E-state index contributed by atoms with van der Waals surface area (Å²) in [6, 6.07) is 5.53. The third-order valence-electron chi connectivity index (χ3n) is 4.90. The Hall–Kier alpha value is 0.0800. The molecule has 1 aromatic carbocycles. The lowest BCUT2D eigenvalue weighted by Crippen LogP contribution is -2.56. The quantitative estimate of drug-likeness (QED) is 0.553.